The number of carbonyl (C=O) groups is 1. The first-order valence-electron chi connectivity index (χ1n) is 8.09. The largest absolute Gasteiger partial charge is 0.352 e. The van der Waals surface area contributed by atoms with Crippen LogP contribution in [0.4, 0.5) is 5.82 Å². The van der Waals surface area contributed by atoms with Gasteiger partial charge in [0.2, 0.25) is 5.91 Å². The van der Waals surface area contributed by atoms with Crippen LogP contribution in [0.25, 0.3) is 0 Å². The Kier molecular flexibility index (Phi) is 5.58. The Bertz CT molecular complexity index is 889. The first kappa shape index (κ1) is 18.4. The highest BCUT2D eigenvalue weighted by atomic mass is 35.5. The van der Waals surface area contributed by atoms with E-state index >= 15 is 0 Å². The van der Waals surface area contributed by atoms with Gasteiger partial charge in [-0.15, -0.1) is 5.10 Å². The van der Waals surface area contributed by atoms with Crippen LogP contribution in [0, 0.1) is 10.8 Å². The second-order valence-electron chi connectivity index (χ2n) is 5.94. The number of aromatic nitrogens is 2. The van der Waals surface area contributed by atoms with E-state index in [0.29, 0.717) is 42.0 Å². The smallest absolute Gasteiger partial charge is 0.227 e. The van der Waals surface area contributed by atoms with Gasteiger partial charge in [-0.05, 0) is 29.8 Å². The molecule has 1 aromatic carbocycles. The molecule has 1 aromatic heterocycles. The van der Waals surface area contributed by atoms with Gasteiger partial charge in [0.1, 0.15) is 17.6 Å². The molecule has 26 heavy (non-hydrogen) atoms. The monoisotopic (exact) mass is 392 g/mol. The summed E-state index contributed by atoms with van der Waals surface area (Å²) >= 11 is 11.9. The van der Waals surface area contributed by atoms with Gasteiger partial charge >= 0.3 is 0 Å². The first-order valence-corrected chi connectivity index (χ1v) is 8.85. The van der Waals surface area contributed by atoms with E-state index in [4.69, 9.17) is 34.0 Å². The lowest BCUT2D eigenvalue weighted by molar-refractivity contribution is -0.130. The number of anilines is 1. The molecule has 0 atom stereocenters. The quantitative estimate of drug-likeness (QED) is 0.615. The van der Waals surface area contributed by atoms with Crippen molar-refractivity contribution in [2.75, 3.05) is 31.1 Å². The summed E-state index contributed by atoms with van der Waals surface area (Å²) in [5.41, 5.74) is 0.991. The van der Waals surface area contributed by atoms with Gasteiger partial charge in [0.15, 0.2) is 0 Å². The third-order valence-corrected chi connectivity index (χ3v) is 5.00. The minimum absolute atomic E-state index is 0.0482. The number of halogens is 2. The molecule has 3 rings (SSSR count). The minimum atomic E-state index is 0.0482. The van der Waals surface area contributed by atoms with Gasteiger partial charge in [-0.3, -0.25) is 15.6 Å². The fourth-order valence-electron chi connectivity index (χ4n) is 2.82. The minimum Gasteiger partial charge on any atom is -0.352 e. The molecular weight excluding hydrogens is 375 g/mol. The molecule has 1 aliphatic rings. The summed E-state index contributed by atoms with van der Waals surface area (Å²) in [5, 5.41) is 20.1. The number of carbonyl (C=O) groups excluding carboxylic acids is 1. The fourth-order valence-corrected chi connectivity index (χ4v) is 3.14. The Balaban J connectivity index is 1.61. The fraction of sp³-hybridized carbons (Fsp3) is 0.294. The average Bonchev–Trinajstić information content (AvgIpc) is 2.65. The van der Waals surface area contributed by atoms with Crippen molar-refractivity contribution in [1.82, 2.24) is 14.7 Å². The van der Waals surface area contributed by atoms with Crippen molar-refractivity contribution >= 4 is 41.3 Å². The number of benzene rings is 1. The summed E-state index contributed by atoms with van der Waals surface area (Å²) < 4.78 is 1.21. The standard InChI is InChI=1S/C17H18Cl2N6O/c18-13-2-1-12(9-14(13)19)10-17(26)24-7-5-23(6-8-24)16-4-3-15(21)25(11-20)22-16/h1-4,9,11,20-21H,5-8,10H2. The van der Waals surface area contributed by atoms with Crippen molar-refractivity contribution in [3.8, 4) is 0 Å². The molecule has 0 spiro atoms. The van der Waals surface area contributed by atoms with Crippen LogP contribution in [0.5, 0.6) is 0 Å². The Morgan fingerprint density at radius 1 is 1.12 bits per heavy atom. The van der Waals surface area contributed by atoms with E-state index in [-0.39, 0.29) is 17.8 Å². The van der Waals surface area contributed by atoms with Gasteiger partial charge in [0.25, 0.3) is 0 Å². The maximum absolute atomic E-state index is 12.5. The van der Waals surface area contributed by atoms with E-state index in [2.05, 4.69) is 5.10 Å². The average molecular weight is 393 g/mol. The number of amides is 1. The maximum Gasteiger partial charge on any atom is 0.227 e. The molecule has 0 radical (unpaired) electrons. The Hall–Kier alpha value is -2.38. The van der Waals surface area contributed by atoms with Gasteiger partial charge in [-0.2, -0.15) is 0 Å². The van der Waals surface area contributed by atoms with Crippen LogP contribution in [0.3, 0.4) is 0 Å². The number of piperazine rings is 1. The molecule has 1 amide bonds. The second kappa shape index (κ2) is 7.88. The van der Waals surface area contributed by atoms with Crippen molar-refractivity contribution in [2.45, 2.75) is 6.42 Å². The molecule has 9 heteroatoms. The third kappa shape index (κ3) is 4.05. The lowest BCUT2D eigenvalue weighted by Gasteiger charge is -2.35. The van der Waals surface area contributed by atoms with Crippen LogP contribution in [-0.2, 0) is 11.2 Å². The Morgan fingerprint density at radius 3 is 2.50 bits per heavy atom. The van der Waals surface area contributed by atoms with E-state index in [9.17, 15) is 4.79 Å². The zero-order valence-corrected chi connectivity index (χ0v) is 15.5. The van der Waals surface area contributed by atoms with Gasteiger partial charge in [-0.1, -0.05) is 29.3 Å². The molecule has 136 valence electrons. The van der Waals surface area contributed by atoms with Crippen molar-refractivity contribution in [2.24, 2.45) is 0 Å². The van der Waals surface area contributed by atoms with Crippen molar-refractivity contribution < 1.29 is 4.79 Å². The number of nitrogens with zero attached hydrogens (tertiary/aromatic N) is 4. The number of rotatable bonds is 4. The second-order valence-corrected chi connectivity index (χ2v) is 6.76. The van der Waals surface area contributed by atoms with Crippen LogP contribution < -0.4 is 10.4 Å². The van der Waals surface area contributed by atoms with Crippen LogP contribution in [0.15, 0.2) is 30.3 Å². The molecule has 1 fully saturated rings. The van der Waals surface area contributed by atoms with Gasteiger partial charge in [0, 0.05) is 26.2 Å². The van der Waals surface area contributed by atoms with Crippen molar-refractivity contribution in [3.63, 3.8) is 0 Å². The maximum atomic E-state index is 12.5. The predicted molar refractivity (Wildman–Crippen MR) is 101 cm³/mol. The predicted octanol–water partition coefficient (Wildman–Crippen LogP) is 2.02. The highest BCUT2D eigenvalue weighted by molar-refractivity contribution is 6.42. The summed E-state index contributed by atoms with van der Waals surface area (Å²) in [7, 11) is 0. The molecule has 1 aliphatic heterocycles. The highest BCUT2D eigenvalue weighted by Crippen LogP contribution is 2.23. The summed E-state index contributed by atoms with van der Waals surface area (Å²) in [6, 6.07) is 8.60. The normalized spacial score (nSPS) is 14.4. The zero-order valence-electron chi connectivity index (χ0n) is 14.0. The van der Waals surface area contributed by atoms with Crippen LogP contribution in [0.1, 0.15) is 5.56 Å². The summed E-state index contributed by atoms with van der Waals surface area (Å²) in [4.78, 5) is 16.4. The van der Waals surface area contributed by atoms with Crippen LogP contribution in [-0.4, -0.2) is 53.1 Å². The van der Waals surface area contributed by atoms with E-state index < -0.39 is 0 Å². The third-order valence-electron chi connectivity index (χ3n) is 4.27. The summed E-state index contributed by atoms with van der Waals surface area (Å²) in [5.74, 6) is 0.744. The molecule has 2 aromatic rings. The molecule has 7 nitrogen and oxygen atoms in total. The molecule has 2 heterocycles. The van der Waals surface area contributed by atoms with Crippen LogP contribution >= 0.6 is 23.2 Å². The molecule has 1 saturated heterocycles. The number of nitrogens with one attached hydrogen (secondary N) is 2. The van der Waals surface area contributed by atoms with Crippen LogP contribution in [0.2, 0.25) is 10.0 Å². The lowest BCUT2D eigenvalue weighted by Crippen LogP contribution is -2.49. The summed E-state index contributed by atoms with van der Waals surface area (Å²) in [6.45, 7) is 2.48. The molecule has 0 bridgehead atoms. The lowest BCUT2D eigenvalue weighted by atomic mass is 10.1. The van der Waals surface area contributed by atoms with Gasteiger partial charge < -0.3 is 9.80 Å². The first-order chi connectivity index (χ1) is 12.5. The molecule has 0 unspecified atom stereocenters. The SMILES string of the molecule is N=Cn1nc(N2CCN(C(=O)Cc3ccc(Cl)c(Cl)c3)CC2)ccc1=N. The van der Waals surface area contributed by atoms with Crippen molar-refractivity contribution in [3.05, 3.63) is 51.4 Å². The number of hydrogen-bond donors (Lipinski definition) is 2. The highest BCUT2D eigenvalue weighted by Gasteiger charge is 2.22. The topological polar surface area (TPSA) is 89.1 Å². The molecule has 0 aliphatic carbocycles. The van der Waals surface area contributed by atoms with E-state index in [0.717, 1.165) is 11.9 Å². The summed E-state index contributed by atoms with van der Waals surface area (Å²) in [6.07, 6.45) is 1.29. The van der Waals surface area contributed by atoms with E-state index in [1.54, 1.807) is 24.3 Å². The molecule has 2 N–H and O–H groups in total. The van der Waals surface area contributed by atoms with Gasteiger partial charge in [0.05, 0.1) is 16.5 Å². The molecular formula is C17H18Cl2N6O. The number of hydrogen-bond acceptors (Lipinski definition) is 5. The Morgan fingerprint density at radius 2 is 1.85 bits per heavy atom. The van der Waals surface area contributed by atoms with Crippen molar-refractivity contribution in [1.29, 1.82) is 10.8 Å². The molecule has 0 saturated carbocycles. The van der Waals surface area contributed by atoms with E-state index in [1.807, 2.05) is 15.9 Å². The zero-order chi connectivity index (χ0) is 18.7. The van der Waals surface area contributed by atoms with E-state index in [1.165, 1.54) is 4.68 Å². The Labute approximate surface area is 160 Å². The van der Waals surface area contributed by atoms with Gasteiger partial charge in [-0.25, -0.2) is 4.68 Å².